The molecular weight excluding hydrogens is 272 g/mol. The zero-order valence-electron chi connectivity index (χ0n) is 10.2. The predicted molar refractivity (Wildman–Crippen MR) is 68.2 cm³/mol. The van der Waals surface area contributed by atoms with Crippen molar-refractivity contribution in [2.45, 2.75) is 18.9 Å². The largest absolute Gasteiger partial charge is 0.496 e. The van der Waals surface area contributed by atoms with Crippen molar-refractivity contribution in [3.8, 4) is 5.75 Å². The van der Waals surface area contributed by atoms with Crippen LogP contribution in [0.1, 0.15) is 22.5 Å². The van der Waals surface area contributed by atoms with E-state index in [4.69, 9.17) is 15.6 Å². The second-order valence-electron chi connectivity index (χ2n) is 3.72. The molecule has 1 heterocycles. The number of methoxy groups -OCH3 is 1. The molecular formula is C11H14N2O5S. The van der Waals surface area contributed by atoms with Crippen molar-refractivity contribution in [1.29, 1.82) is 0 Å². The van der Waals surface area contributed by atoms with Crippen LogP contribution in [0.25, 0.3) is 0 Å². The van der Waals surface area contributed by atoms with Gasteiger partial charge in [-0.2, -0.15) is 0 Å². The van der Waals surface area contributed by atoms with Crippen LogP contribution in [0.4, 0.5) is 0 Å². The van der Waals surface area contributed by atoms with Gasteiger partial charge in [0, 0.05) is 17.9 Å². The van der Waals surface area contributed by atoms with Gasteiger partial charge in [-0.25, -0.2) is 4.79 Å². The van der Waals surface area contributed by atoms with E-state index in [0.717, 1.165) is 11.3 Å². The average Bonchev–Trinajstić information content (AvgIpc) is 2.82. The van der Waals surface area contributed by atoms with Crippen molar-refractivity contribution in [3.63, 3.8) is 0 Å². The molecule has 19 heavy (non-hydrogen) atoms. The maximum Gasteiger partial charge on any atom is 0.326 e. The molecule has 2 amide bonds. The lowest BCUT2D eigenvalue weighted by atomic mass is 10.1. The summed E-state index contributed by atoms with van der Waals surface area (Å²) in [4.78, 5) is 33.7. The molecule has 1 atom stereocenters. The molecule has 1 aromatic rings. The van der Waals surface area contributed by atoms with Crippen LogP contribution in [-0.4, -0.2) is 36.0 Å². The van der Waals surface area contributed by atoms with Crippen molar-refractivity contribution in [2.75, 3.05) is 7.11 Å². The summed E-state index contributed by atoms with van der Waals surface area (Å²) < 4.78 is 4.93. The second kappa shape index (κ2) is 6.74. The molecule has 1 aromatic heterocycles. The first-order chi connectivity index (χ1) is 8.93. The number of carbonyl (C=O) groups excluding carboxylic acids is 2. The number of amides is 2. The van der Waals surface area contributed by atoms with E-state index < -0.39 is 23.8 Å². The molecule has 0 bridgehead atoms. The summed E-state index contributed by atoms with van der Waals surface area (Å²) >= 11 is 1.14. The van der Waals surface area contributed by atoms with E-state index >= 15 is 0 Å². The zero-order valence-corrected chi connectivity index (χ0v) is 11.0. The van der Waals surface area contributed by atoms with Gasteiger partial charge in [-0.05, 0) is 6.42 Å². The lowest BCUT2D eigenvalue weighted by molar-refractivity contribution is -0.139. The van der Waals surface area contributed by atoms with Gasteiger partial charge in [0.1, 0.15) is 11.8 Å². The van der Waals surface area contributed by atoms with Gasteiger partial charge in [-0.15, -0.1) is 11.3 Å². The highest BCUT2D eigenvalue weighted by Gasteiger charge is 2.22. The quantitative estimate of drug-likeness (QED) is 0.662. The lowest BCUT2D eigenvalue weighted by Gasteiger charge is -2.12. The molecule has 0 aliphatic carbocycles. The summed E-state index contributed by atoms with van der Waals surface area (Å²) in [6, 6.07) is 0.362. The van der Waals surface area contributed by atoms with Gasteiger partial charge < -0.3 is 20.9 Å². The molecule has 0 fully saturated rings. The fourth-order valence-corrected chi connectivity index (χ4v) is 2.08. The molecule has 7 nitrogen and oxygen atoms in total. The second-order valence-corrected chi connectivity index (χ2v) is 4.63. The standard InChI is InChI=1S/C11H14N2O5S/c1-18-6-4-8(19-5-6)10(15)13-7(11(16)17)2-3-9(12)14/h4-5,7H,2-3H2,1H3,(H2,12,14)(H,13,15)(H,16,17). The third-order valence-electron chi connectivity index (χ3n) is 2.32. The minimum atomic E-state index is -1.21. The van der Waals surface area contributed by atoms with Crippen molar-refractivity contribution < 1.29 is 24.2 Å². The first-order valence-corrected chi connectivity index (χ1v) is 6.26. The smallest absolute Gasteiger partial charge is 0.326 e. The van der Waals surface area contributed by atoms with E-state index in [1.54, 1.807) is 5.38 Å². The van der Waals surface area contributed by atoms with E-state index in [1.165, 1.54) is 13.2 Å². The minimum Gasteiger partial charge on any atom is -0.496 e. The van der Waals surface area contributed by atoms with Crippen LogP contribution in [0.3, 0.4) is 0 Å². The average molecular weight is 286 g/mol. The van der Waals surface area contributed by atoms with Gasteiger partial charge in [0.25, 0.3) is 5.91 Å². The molecule has 0 aromatic carbocycles. The molecule has 4 N–H and O–H groups in total. The zero-order chi connectivity index (χ0) is 14.4. The van der Waals surface area contributed by atoms with Crippen LogP contribution in [0.15, 0.2) is 11.4 Å². The highest BCUT2D eigenvalue weighted by atomic mass is 32.1. The molecule has 0 saturated heterocycles. The summed E-state index contributed by atoms with van der Waals surface area (Å²) in [6.45, 7) is 0. The van der Waals surface area contributed by atoms with Gasteiger partial charge in [0.05, 0.1) is 12.0 Å². The molecule has 0 saturated carbocycles. The van der Waals surface area contributed by atoms with Gasteiger partial charge >= 0.3 is 5.97 Å². The van der Waals surface area contributed by atoms with Gasteiger partial charge in [-0.3, -0.25) is 9.59 Å². The Bertz CT molecular complexity index is 485. The number of nitrogens with one attached hydrogen (secondary N) is 1. The summed E-state index contributed by atoms with van der Waals surface area (Å²) in [5, 5.41) is 12.9. The number of nitrogens with two attached hydrogens (primary N) is 1. The Hall–Kier alpha value is -2.09. The van der Waals surface area contributed by atoms with E-state index in [0.29, 0.717) is 10.6 Å². The number of aliphatic carboxylic acids is 1. The summed E-state index contributed by atoms with van der Waals surface area (Å²) in [5.41, 5.74) is 4.95. The van der Waals surface area contributed by atoms with Crippen LogP contribution in [-0.2, 0) is 9.59 Å². The third-order valence-corrected chi connectivity index (χ3v) is 3.23. The molecule has 1 rings (SSSR count). The van der Waals surface area contributed by atoms with Crippen LogP contribution in [0.2, 0.25) is 0 Å². The maximum absolute atomic E-state index is 11.8. The molecule has 0 aliphatic heterocycles. The highest BCUT2D eigenvalue weighted by Crippen LogP contribution is 2.21. The molecule has 1 unspecified atom stereocenters. The highest BCUT2D eigenvalue weighted by molar-refractivity contribution is 7.12. The number of hydrogen-bond donors (Lipinski definition) is 3. The van der Waals surface area contributed by atoms with E-state index in [2.05, 4.69) is 5.32 Å². The number of carboxylic acids is 1. The van der Waals surface area contributed by atoms with Crippen LogP contribution >= 0.6 is 11.3 Å². The molecule has 0 radical (unpaired) electrons. The number of carboxylic acid groups (broad SMARTS) is 1. The van der Waals surface area contributed by atoms with Crippen molar-refractivity contribution >= 4 is 29.1 Å². The topological polar surface area (TPSA) is 119 Å². The summed E-state index contributed by atoms with van der Waals surface area (Å²) in [5.74, 6) is -1.82. The maximum atomic E-state index is 11.8. The fourth-order valence-electron chi connectivity index (χ4n) is 1.32. The molecule has 104 valence electrons. The predicted octanol–water partition coefficient (Wildman–Crippen LogP) is 0.205. The van der Waals surface area contributed by atoms with Crippen LogP contribution < -0.4 is 15.8 Å². The Labute approximate surface area is 113 Å². The van der Waals surface area contributed by atoms with Crippen molar-refractivity contribution in [3.05, 3.63) is 16.3 Å². The van der Waals surface area contributed by atoms with E-state index in [1.807, 2.05) is 0 Å². The lowest BCUT2D eigenvalue weighted by Crippen LogP contribution is -2.41. The first kappa shape index (κ1) is 15.0. The Morgan fingerprint density at radius 3 is 2.68 bits per heavy atom. The number of thiophene rings is 1. The van der Waals surface area contributed by atoms with Gasteiger partial charge in [-0.1, -0.05) is 0 Å². The van der Waals surface area contributed by atoms with E-state index in [9.17, 15) is 14.4 Å². The summed E-state index contributed by atoms with van der Waals surface area (Å²) in [6.07, 6.45) is -0.149. The minimum absolute atomic E-state index is 0.0427. The monoisotopic (exact) mass is 286 g/mol. The Morgan fingerprint density at radius 1 is 1.53 bits per heavy atom. The number of carbonyl (C=O) groups is 3. The molecule has 0 aliphatic rings. The molecule has 8 heteroatoms. The van der Waals surface area contributed by atoms with Gasteiger partial charge in [0.2, 0.25) is 5.91 Å². The Morgan fingerprint density at radius 2 is 2.21 bits per heavy atom. The SMILES string of the molecule is COc1csc(C(=O)NC(CCC(N)=O)C(=O)O)c1. The first-order valence-electron chi connectivity index (χ1n) is 5.38. The van der Waals surface area contributed by atoms with Crippen molar-refractivity contribution in [2.24, 2.45) is 5.73 Å². The fraction of sp³-hybridized carbons (Fsp3) is 0.364. The van der Waals surface area contributed by atoms with Crippen LogP contribution in [0, 0.1) is 0 Å². The number of hydrogen-bond acceptors (Lipinski definition) is 5. The molecule has 0 spiro atoms. The van der Waals surface area contributed by atoms with E-state index in [-0.39, 0.29) is 12.8 Å². The number of ether oxygens (including phenoxy) is 1. The third kappa shape index (κ3) is 4.59. The van der Waals surface area contributed by atoms with Crippen molar-refractivity contribution in [1.82, 2.24) is 5.32 Å². The Balaban J connectivity index is 2.65. The van der Waals surface area contributed by atoms with Crippen LogP contribution in [0.5, 0.6) is 5.75 Å². The normalized spacial score (nSPS) is 11.6. The number of rotatable bonds is 7. The van der Waals surface area contributed by atoms with Gasteiger partial charge in [0.15, 0.2) is 0 Å². The summed E-state index contributed by atoms with van der Waals surface area (Å²) in [7, 11) is 1.47. The number of primary amides is 1. The Kier molecular flexibility index (Phi) is 5.31.